The zero-order valence-electron chi connectivity index (χ0n) is 8.58. The Bertz CT molecular complexity index is 335. The minimum Gasteiger partial charge on any atom is -0.397 e. The van der Waals surface area contributed by atoms with Crippen molar-refractivity contribution in [3.8, 4) is 0 Å². The van der Waals surface area contributed by atoms with Crippen molar-refractivity contribution >= 4 is 23.0 Å². The van der Waals surface area contributed by atoms with E-state index in [1.165, 1.54) is 0 Å². The number of nitrogens with two attached hydrogens (primary N) is 1. The smallest absolute Gasteiger partial charge is 0.0641 e. The molecule has 1 aliphatic rings. The molecule has 2 N–H and O–H groups in total. The van der Waals surface area contributed by atoms with Crippen molar-refractivity contribution in [2.24, 2.45) is 0 Å². The lowest BCUT2D eigenvalue weighted by Gasteiger charge is -2.23. The van der Waals surface area contributed by atoms with Gasteiger partial charge in [-0.1, -0.05) is 11.6 Å². The summed E-state index contributed by atoms with van der Waals surface area (Å²) in [5, 5.41) is 0.683. The van der Waals surface area contributed by atoms with E-state index < -0.39 is 0 Å². The Hall–Kier alpha value is -0.930. The SMILES string of the molecule is Nc1cc(Cl)ccc1N1CCCOCC1. The average molecular weight is 227 g/mol. The fourth-order valence-corrected chi connectivity index (χ4v) is 1.98. The highest BCUT2D eigenvalue weighted by molar-refractivity contribution is 6.31. The first-order valence-electron chi connectivity index (χ1n) is 5.15. The van der Waals surface area contributed by atoms with E-state index in [-0.39, 0.29) is 0 Å². The van der Waals surface area contributed by atoms with E-state index in [1.807, 2.05) is 12.1 Å². The second kappa shape index (κ2) is 4.73. The van der Waals surface area contributed by atoms with Crippen LogP contribution in [0, 0.1) is 0 Å². The predicted molar refractivity (Wildman–Crippen MR) is 63.5 cm³/mol. The van der Waals surface area contributed by atoms with Crippen molar-refractivity contribution in [2.75, 3.05) is 36.9 Å². The van der Waals surface area contributed by atoms with Crippen molar-refractivity contribution < 1.29 is 4.74 Å². The van der Waals surface area contributed by atoms with E-state index in [9.17, 15) is 0 Å². The molecule has 0 bridgehead atoms. The summed E-state index contributed by atoms with van der Waals surface area (Å²) in [7, 11) is 0. The third-order valence-electron chi connectivity index (χ3n) is 2.55. The minimum absolute atomic E-state index is 0.683. The van der Waals surface area contributed by atoms with Gasteiger partial charge < -0.3 is 15.4 Å². The molecule has 0 atom stereocenters. The van der Waals surface area contributed by atoms with E-state index >= 15 is 0 Å². The van der Waals surface area contributed by atoms with Gasteiger partial charge >= 0.3 is 0 Å². The molecule has 0 amide bonds. The molecule has 1 aromatic rings. The molecule has 1 saturated heterocycles. The van der Waals surface area contributed by atoms with Crippen LogP contribution in [-0.4, -0.2) is 26.3 Å². The van der Waals surface area contributed by atoms with Gasteiger partial charge in [-0.3, -0.25) is 0 Å². The van der Waals surface area contributed by atoms with Gasteiger partial charge in [-0.2, -0.15) is 0 Å². The summed E-state index contributed by atoms with van der Waals surface area (Å²) in [4.78, 5) is 2.25. The third kappa shape index (κ3) is 2.55. The van der Waals surface area contributed by atoms with Crippen LogP contribution in [0.3, 0.4) is 0 Å². The molecule has 2 rings (SSSR count). The molecule has 0 saturated carbocycles. The van der Waals surface area contributed by atoms with Crippen molar-refractivity contribution in [1.29, 1.82) is 0 Å². The zero-order valence-corrected chi connectivity index (χ0v) is 9.33. The second-order valence-corrected chi connectivity index (χ2v) is 4.09. The first-order chi connectivity index (χ1) is 7.27. The van der Waals surface area contributed by atoms with Gasteiger partial charge in [0.1, 0.15) is 0 Å². The molecule has 1 heterocycles. The van der Waals surface area contributed by atoms with E-state index in [0.717, 1.165) is 44.1 Å². The Kier molecular flexibility index (Phi) is 3.34. The summed E-state index contributed by atoms with van der Waals surface area (Å²) in [6.07, 6.45) is 1.04. The fraction of sp³-hybridized carbons (Fsp3) is 0.455. The van der Waals surface area contributed by atoms with Gasteiger partial charge in [-0.05, 0) is 24.6 Å². The first-order valence-corrected chi connectivity index (χ1v) is 5.53. The maximum absolute atomic E-state index is 5.94. The van der Waals surface area contributed by atoms with Gasteiger partial charge in [0.15, 0.2) is 0 Å². The van der Waals surface area contributed by atoms with Crippen LogP contribution in [0.2, 0.25) is 5.02 Å². The van der Waals surface area contributed by atoms with Crippen LogP contribution >= 0.6 is 11.6 Å². The van der Waals surface area contributed by atoms with Crippen LogP contribution < -0.4 is 10.6 Å². The van der Waals surface area contributed by atoms with Crippen LogP contribution in [0.25, 0.3) is 0 Å². The second-order valence-electron chi connectivity index (χ2n) is 3.66. The number of ether oxygens (including phenoxy) is 1. The molecule has 0 spiro atoms. The Balaban J connectivity index is 2.19. The van der Waals surface area contributed by atoms with Crippen LogP contribution in [0.4, 0.5) is 11.4 Å². The number of hydrogen-bond acceptors (Lipinski definition) is 3. The summed E-state index contributed by atoms with van der Waals surface area (Å²) in [5.41, 5.74) is 7.74. The van der Waals surface area contributed by atoms with Gasteiger partial charge in [-0.25, -0.2) is 0 Å². The van der Waals surface area contributed by atoms with Crippen LogP contribution in [0.5, 0.6) is 0 Å². The average Bonchev–Trinajstić information content (AvgIpc) is 2.46. The Labute approximate surface area is 94.8 Å². The molecule has 0 unspecified atom stereocenters. The summed E-state index contributed by atoms with van der Waals surface area (Å²) >= 11 is 5.86. The Morgan fingerprint density at radius 3 is 2.93 bits per heavy atom. The number of halogens is 1. The lowest BCUT2D eigenvalue weighted by atomic mass is 10.2. The number of rotatable bonds is 1. The number of nitrogens with zero attached hydrogens (tertiary/aromatic N) is 1. The number of anilines is 2. The molecule has 4 heteroatoms. The molecule has 0 radical (unpaired) electrons. The lowest BCUT2D eigenvalue weighted by molar-refractivity contribution is 0.152. The number of nitrogen functional groups attached to an aromatic ring is 1. The van der Waals surface area contributed by atoms with Gasteiger partial charge in [0.25, 0.3) is 0 Å². The van der Waals surface area contributed by atoms with E-state index in [1.54, 1.807) is 6.07 Å². The highest BCUT2D eigenvalue weighted by Gasteiger charge is 2.12. The molecule has 0 aromatic heterocycles. The highest BCUT2D eigenvalue weighted by Crippen LogP contribution is 2.26. The van der Waals surface area contributed by atoms with Crippen molar-refractivity contribution in [3.63, 3.8) is 0 Å². The van der Waals surface area contributed by atoms with Crippen molar-refractivity contribution in [1.82, 2.24) is 0 Å². The summed E-state index contributed by atoms with van der Waals surface area (Å²) in [6.45, 7) is 3.49. The van der Waals surface area contributed by atoms with Crippen LogP contribution in [0.1, 0.15) is 6.42 Å². The molecule has 15 heavy (non-hydrogen) atoms. The fourth-order valence-electron chi connectivity index (χ4n) is 1.80. The molecule has 1 fully saturated rings. The maximum Gasteiger partial charge on any atom is 0.0641 e. The molecule has 1 aliphatic heterocycles. The predicted octanol–water partition coefficient (Wildman–Crippen LogP) is 2.15. The quantitative estimate of drug-likeness (QED) is 0.746. The standard InChI is InChI=1S/C11H15ClN2O/c12-9-2-3-11(10(13)8-9)14-4-1-6-15-7-5-14/h2-3,8H,1,4-7,13H2. The highest BCUT2D eigenvalue weighted by atomic mass is 35.5. The van der Waals surface area contributed by atoms with Gasteiger partial charge in [0, 0.05) is 24.7 Å². The van der Waals surface area contributed by atoms with E-state index in [0.29, 0.717) is 5.02 Å². The monoisotopic (exact) mass is 226 g/mol. The molecule has 0 aliphatic carbocycles. The number of hydrogen-bond donors (Lipinski definition) is 1. The number of benzene rings is 1. The molecule has 1 aromatic carbocycles. The molecular weight excluding hydrogens is 212 g/mol. The van der Waals surface area contributed by atoms with Crippen molar-refractivity contribution in [3.05, 3.63) is 23.2 Å². The van der Waals surface area contributed by atoms with Gasteiger partial charge in [-0.15, -0.1) is 0 Å². The maximum atomic E-state index is 5.94. The largest absolute Gasteiger partial charge is 0.397 e. The van der Waals surface area contributed by atoms with Crippen LogP contribution in [0.15, 0.2) is 18.2 Å². The topological polar surface area (TPSA) is 38.5 Å². The third-order valence-corrected chi connectivity index (χ3v) is 2.79. The zero-order chi connectivity index (χ0) is 10.7. The van der Waals surface area contributed by atoms with Crippen LogP contribution in [-0.2, 0) is 4.74 Å². The van der Waals surface area contributed by atoms with Crippen molar-refractivity contribution in [2.45, 2.75) is 6.42 Å². The minimum atomic E-state index is 0.683. The van der Waals surface area contributed by atoms with Gasteiger partial charge in [0.2, 0.25) is 0 Å². The first kappa shape index (κ1) is 10.6. The lowest BCUT2D eigenvalue weighted by Crippen LogP contribution is -2.26. The Morgan fingerprint density at radius 2 is 2.13 bits per heavy atom. The normalized spacial score (nSPS) is 17.5. The summed E-state index contributed by atoms with van der Waals surface area (Å²) in [5.74, 6) is 0. The Morgan fingerprint density at radius 1 is 1.27 bits per heavy atom. The summed E-state index contributed by atoms with van der Waals surface area (Å²) in [6, 6.07) is 5.64. The molecular formula is C11H15ClN2O. The molecule has 3 nitrogen and oxygen atoms in total. The van der Waals surface area contributed by atoms with Gasteiger partial charge in [0.05, 0.1) is 18.0 Å². The van der Waals surface area contributed by atoms with E-state index in [2.05, 4.69) is 4.90 Å². The summed E-state index contributed by atoms with van der Waals surface area (Å²) < 4.78 is 5.40. The molecule has 82 valence electrons. The van der Waals surface area contributed by atoms with E-state index in [4.69, 9.17) is 22.1 Å².